The highest BCUT2D eigenvalue weighted by atomic mass is 32.2. The Bertz CT molecular complexity index is 760. The van der Waals surface area contributed by atoms with Gasteiger partial charge in [0, 0.05) is 10.5 Å². The third-order valence-corrected chi connectivity index (χ3v) is 4.62. The molecule has 6 heteroatoms. The van der Waals surface area contributed by atoms with E-state index in [1.807, 2.05) is 50.4 Å². The summed E-state index contributed by atoms with van der Waals surface area (Å²) in [7, 11) is 0. The average Bonchev–Trinajstić information content (AvgIpc) is 2.63. The molecule has 2 aromatic carbocycles. The summed E-state index contributed by atoms with van der Waals surface area (Å²) in [5, 5.41) is 0. The zero-order chi connectivity index (χ0) is 18.4. The highest BCUT2D eigenvalue weighted by molar-refractivity contribution is 7.98. The molecule has 0 bridgehead atoms. The normalized spacial score (nSPS) is 11.5. The molecular weight excluding hydrogens is 336 g/mol. The molecule has 0 heterocycles. The first-order chi connectivity index (χ1) is 11.9. The van der Waals surface area contributed by atoms with Crippen LogP contribution in [-0.2, 0) is 4.79 Å². The van der Waals surface area contributed by atoms with Gasteiger partial charge in [0.15, 0.2) is 6.10 Å². The van der Waals surface area contributed by atoms with E-state index in [0.29, 0.717) is 11.3 Å². The van der Waals surface area contributed by atoms with Gasteiger partial charge < -0.3 is 4.74 Å². The Labute approximate surface area is 152 Å². The van der Waals surface area contributed by atoms with Crippen molar-refractivity contribution in [3.05, 3.63) is 59.2 Å². The molecule has 2 amide bonds. The topological polar surface area (TPSA) is 67.4 Å². The molecule has 2 aromatic rings. The van der Waals surface area contributed by atoms with Crippen LogP contribution in [0.1, 0.15) is 28.4 Å². The van der Waals surface area contributed by atoms with Gasteiger partial charge in [-0.05, 0) is 68.5 Å². The fourth-order valence-electron chi connectivity index (χ4n) is 2.13. The van der Waals surface area contributed by atoms with Crippen LogP contribution in [0.4, 0.5) is 0 Å². The van der Waals surface area contributed by atoms with Crippen LogP contribution >= 0.6 is 11.8 Å². The minimum Gasteiger partial charge on any atom is -0.481 e. The third kappa shape index (κ3) is 5.00. The minimum atomic E-state index is -0.736. The molecule has 0 aliphatic carbocycles. The molecule has 5 nitrogen and oxygen atoms in total. The van der Waals surface area contributed by atoms with Gasteiger partial charge in [-0.25, -0.2) is 0 Å². The van der Waals surface area contributed by atoms with E-state index in [1.165, 1.54) is 0 Å². The van der Waals surface area contributed by atoms with Gasteiger partial charge in [-0.3, -0.25) is 20.4 Å². The number of hydrogen-bond acceptors (Lipinski definition) is 4. The monoisotopic (exact) mass is 358 g/mol. The van der Waals surface area contributed by atoms with Gasteiger partial charge in [0.05, 0.1) is 0 Å². The number of aryl methyl sites for hydroxylation is 1. The van der Waals surface area contributed by atoms with Crippen LogP contribution in [0, 0.1) is 13.8 Å². The highest BCUT2D eigenvalue weighted by Gasteiger charge is 2.17. The van der Waals surface area contributed by atoms with Gasteiger partial charge in [0.25, 0.3) is 11.8 Å². The van der Waals surface area contributed by atoms with E-state index in [4.69, 9.17) is 4.74 Å². The van der Waals surface area contributed by atoms with E-state index in [-0.39, 0.29) is 5.91 Å². The average molecular weight is 358 g/mol. The minimum absolute atomic E-state index is 0.375. The molecule has 0 radical (unpaired) electrons. The Morgan fingerprint density at radius 1 is 1.04 bits per heavy atom. The van der Waals surface area contributed by atoms with Crippen LogP contribution < -0.4 is 15.6 Å². The number of benzene rings is 2. The Morgan fingerprint density at radius 2 is 1.72 bits per heavy atom. The van der Waals surface area contributed by atoms with E-state index in [1.54, 1.807) is 30.8 Å². The maximum Gasteiger partial charge on any atom is 0.279 e. The van der Waals surface area contributed by atoms with Gasteiger partial charge in [-0.15, -0.1) is 11.8 Å². The van der Waals surface area contributed by atoms with Crippen LogP contribution in [0.2, 0.25) is 0 Å². The molecule has 2 rings (SSSR count). The predicted octanol–water partition coefficient (Wildman–Crippen LogP) is 3.25. The Morgan fingerprint density at radius 3 is 2.36 bits per heavy atom. The molecule has 2 N–H and O–H groups in total. The Kier molecular flexibility index (Phi) is 6.47. The summed E-state index contributed by atoms with van der Waals surface area (Å²) in [6.45, 7) is 5.56. The van der Waals surface area contributed by atoms with Crippen LogP contribution in [-0.4, -0.2) is 24.2 Å². The Hall–Kier alpha value is -2.47. The second kappa shape index (κ2) is 8.58. The van der Waals surface area contributed by atoms with E-state index < -0.39 is 12.0 Å². The lowest BCUT2D eigenvalue weighted by atomic mass is 10.1. The Balaban J connectivity index is 1.90. The van der Waals surface area contributed by atoms with Crippen LogP contribution in [0.25, 0.3) is 0 Å². The third-order valence-electron chi connectivity index (χ3n) is 3.88. The van der Waals surface area contributed by atoms with Crippen LogP contribution in [0.3, 0.4) is 0 Å². The van der Waals surface area contributed by atoms with Crippen molar-refractivity contribution >= 4 is 23.6 Å². The molecule has 0 saturated carbocycles. The number of nitrogens with one attached hydrogen (secondary N) is 2. The summed E-state index contributed by atoms with van der Waals surface area (Å²) in [6, 6.07) is 12.8. The van der Waals surface area contributed by atoms with Crippen molar-refractivity contribution in [3.8, 4) is 5.75 Å². The lowest BCUT2D eigenvalue weighted by Crippen LogP contribution is -2.47. The summed E-state index contributed by atoms with van der Waals surface area (Å²) >= 11 is 1.60. The first-order valence-electron chi connectivity index (χ1n) is 7.89. The molecular formula is C19H22N2O3S. The second-order valence-corrected chi connectivity index (χ2v) is 6.51. The van der Waals surface area contributed by atoms with Crippen molar-refractivity contribution in [3.63, 3.8) is 0 Å². The van der Waals surface area contributed by atoms with Crippen LogP contribution in [0.5, 0.6) is 5.75 Å². The number of amides is 2. The SMILES string of the molecule is CSc1ccc(C(=O)NNC(=O)[C@@H](C)Oc2cccc(C)c2C)cc1. The van der Waals surface area contributed by atoms with Gasteiger partial charge in [0.1, 0.15) is 5.75 Å². The van der Waals surface area contributed by atoms with Gasteiger partial charge in [0.2, 0.25) is 0 Å². The fraction of sp³-hybridized carbons (Fsp3) is 0.263. The lowest BCUT2D eigenvalue weighted by molar-refractivity contribution is -0.128. The van der Waals surface area contributed by atoms with Gasteiger partial charge in [-0.1, -0.05) is 12.1 Å². The van der Waals surface area contributed by atoms with Crippen molar-refractivity contribution in [1.82, 2.24) is 10.9 Å². The van der Waals surface area contributed by atoms with E-state index >= 15 is 0 Å². The van der Waals surface area contributed by atoms with Crippen LogP contribution in [0.15, 0.2) is 47.4 Å². The molecule has 0 unspecified atom stereocenters. The number of hydrazine groups is 1. The smallest absolute Gasteiger partial charge is 0.279 e. The molecule has 0 aliphatic heterocycles. The van der Waals surface area contributed by atoms with Gasteiger partial charge >= 0.3 is 0 Å². The molecule has 0 aliphatic rings. The molecule has 1 atom stereocenters. The maximum absolute atomic E-state index is 12.1. The summed E-state index contributed by atoms with van der Waals surface area (Å²) in [4.78, 5) is 25.2. The van der Waals surface area contributed by atoms with E-state index in [2.05, 4.69) is 10.9 Å². The fourth-order valence-corrected chi connectivity index (χ4v) is 2.54. The summed E-state index contributed by atoms with van der Waals surface area (Å²) < 4.78 is 5.69. The quantitative estimate of drug-likeness (QED) is 0.636. The zero-order valence-corrected chi connectivity index (χ0v) is 15.6. The number of rotatable bonds is 5. The van der Waals surface area contributed by atoms with Crippen molar-refractivity contribution in [2.45, 2.75) is 31.8 Å². The van der Waals surface area contributed by atoms with Crippen molar-refractivity contribution < 1.29 is 14.3 Å². The van der Waals surface area contributed by atoms with Gasteiger partial charge in [-0.2, -0.15) is 0 Å². The first-order valence-corrected chi connectivity index (χ1v) is 9.12. The first kappa shape index (κ1) is 18.9. The zero-order valence-electron chi connectivity index (χ0n) is 14.8. The molecule has 0 spiro atoms. The molecule has 25 heavy (non-hydrogen) atoms. The van der Waals surface area contributed by atoms with E-state index in [9.17, 15) is 9.59 Å². The lowest BCUT2D eigenvalue weighted by Gasteiger charge is -2.17. The summed E-state index contributed by atoms with van der Waals surface area (Å²) in [5.74, 6) is -0.142. The van der Waals surface area contributed by atoms with E-state index in [0.717, 1.165) is 16.0 Å². The number of ether oxygens (including phenoxy) is 1. The van der Waals surface area contributed by atoms with Crippen molar-refractivity contribution in [1.29, 1.82) is 0 Å². The number of carbonyl (C=O) groups is 2. The largest absolute Gasteiger partial charge is 0.481 e. The number of hydrogen-bond donors (Lipinski definition) is 2. The molecule has 0 fully saturated rings. The maximum atomic E-state index is 12.1. The molecule has 0 saturated heterocycles. The predicted molar refractivity (Wildman–Crippen MR) is 99.8 cm³/mol. The summed E-state index contributed by atoms with van der Waals surface area (Å²) in [6.07, 6.45) is 1.23. The molecule has 0 aromatic heterocycles. The summed E-state index contributed by atoms with van der Waals surface area (Å²) in [5.41, 5.74) is 7.35. The standard InChI is InChI=1S/C19H22N2O3S/c1-12-6-5-7-17(13(12)2)24-14(3)18(22)20-21-19(23)15-8-10-16(25-4)11-9-15/h5-11,14H,1-4H3,(H,20,22)(H,21,23)/t14-/m1/s1. The number of thioether (sulfide) groups is 1. The molecule has 132 valence electrons. The highest BCUT2D eigenvalue weighted by Crippen LogP contribution is 2.21. The number of carbonyl (C=O) groups excluding carboxylic acids is 2. The second-order valence-electron chi connectivity index (χ2n) is 5.63. The van der Waals surface area contributed by atoms with Crippen molar-refractivity contribution in [2.75, 3.05) is 6.26 Å². The van der Waals surface area contributed by atoms with Crippen molar-refractivity contribution in [2.24, 2.45) is 0 Å².